The van der Waals surface area contributed by atoms with E-state index in [-0.39, 0.29) is 0 Å². The summed E-state index contributed by atoms with van der Waals surface area (Å²) in [6.07, 6.45) is 2.27. The molecule has 2 N–H and O–H groups in total. The van der Waals surface area contributed by atoms with Crippen molar-refractivity contribution < 1.29 is 4.42 Å². The number of hydrogen-bond donors (Lipinski definition) is 1. The van der Waals surface area contributed by atoms with Crippen LogP contribution in [0.15, 0.2) is 22.6 Å². The third kappa shape index (κ3) is 2.48. The number of aromatic nitrogens is 1. The second-order valence-electron chi connectivity index (χ2n) is 4.69. The van der Waals surface area contributed by atoms with Gasteiger partial charge in [0.2, 0.25) is 5.89 Å². The Kier molecular flexibility index (Phi) is 3.87. The van der Waals surface area contributed by atoms with E-state index in [4.69, 9.17) is 10.2 Å². The van der Waals surface area contributed by atoms with E-state index in [2.05, 4.69) is 30.8 Å². The summed E-state index contributed by atoms with van der Waals surface area (Å²) in [6, 6.07) is 6.20. The van der Waals surface area contributed by atoms with Crippen LogP contribution in [0.25, 0.3) is 11.1 Å². The molecule has 0 radical (unpaired) electrons. The Hall–Kier alpha value is -1.55. The van der Waals surface area contributed by atoms with Crippen molar-refractivity contribution in [3.05, 3.63) is 24.1 Å². The number of oxazole rings is 1. The first-order valence-electron chi connectivity index (χ1n) is 6.49. The molecule has 1 aromatic carbocycles. The number of para-hydroxylation sites is 1. The van der Waals surface area contributed by atoms with Gasteiger partial charge in [-0.2, -0.15) is 0 Å². The number of rotatable bonds is 5. The molecule has 18 heavy (non-hydrogen) atoms. The van der Waals surface area contributed by atoms with Crippen molar-refractivity contribution in [1.82, 2.24) is 9.88 Å². The molecular weight excluding hydrogens is 226 g/mol. The standard InChI is InChI=1S/C14H21N3O/c1-4-10(5-2)17(3)9-13-16-14-11(15)7-6-8-12(14)18-13/h6-8,10H,4-5,9,15H2,1-3H3. The number of nitrogens with two attached hydrogens (primary N) is 1. The van der Waals surface area contributed by atoms with Crippen LogP contribution < -0.4 is 5.73 Å². The Morgan fingerprint density at radius 1 is 1.33 bits per heavy atom. The van der Waals surface area contributed by atoms with E-state index in [1.807, 2.05) is 18.2 Å². The zero-order valence-electron chi connectivity index (χ0n) is 11.3. The predicted molar refractivity (Wildman–Crippen MR) is 74.3 cm³/mol. The van der Waals surface area contributed by atoms with E-state index in [0.29, 0.717) is 11.7 Å². The average Bonchev–Trinajstić information content (AvgIpc) is 2.74. The Morgan fingerprint density at radius 3 is 2.67 bits per heavy atom. The van der Waals surface area contributed by atoms with Crippen LogP contribution in [-0.4, -0.2) is 23.0 Å². The zero-order chi connectivity index (χ0) is 13.1. The van der Waals surface area contributed by atoms with Crippen LogP contribution in [0.4, 0.5) is 5.69 Å². The summed E-state index contributed by atoms with van der Waals surface area (Å²) in [5.41, 5.74) is 8.09. The summed E-state index contributed by atoms with van der Waals surface area (Å²) in [7, 11) is 2.11. The fourth-order valence-corrected chi connectivity index (χ4v) is 2.34. The number of hydrogen-bond acceptors (Lipinski definition) is 4. The molecule has 0 aliphatic rings. The Balaban J connectivity index is 2.19. The molecule has 2 rings (SSSR count). The lowest BCUT2D eigenvalue weighted by atomic mass is 10.1. The molecule has 0 fully saturated rings. The van der Waals surface area contributed by atoms with Crippen LogP contribution in [0.2, 0.25) is 0 Å². The van der Waals surface area contributed by atoms with Gasteiger partial charge in [0.1, 0.15) is 5.52 Å². The van der Waals surface area contributed by atoms with Gasteiger partial charge in [-0.15, -0.1) is 0 Å². The van der Waals surface area contributed by atoms with Gasteiger partial charge in [-0.05, 0) is 32.0 Å². The first-order chi connectivity index (χ1) is 8.65. The second-order valence-corrected chi connectivity index (χ2v) is 4.69. The van der Waals surface area contributed by atoms with Crippen LogP contribution >= 0.6 is 0 Å². The van der Waals surface area contributed by atoms with E-state index in [1.54, 1.807) is 0 Å². The van der Waals surface area contributed by atoms with Gasteiger partial charge >= 0.3 is 0 Å². The van der Waals surface area contributed by atoms with Crippen molar-refractivity contribution in [2.75, 3.05) is 12.8 Å². The van der Waals surface area contributed by atoms with Gasteiger partial charge in [0, 0.05) is 6.04 Å². The van der Waals surface area contributed by atoms with Gasteiger partial charge in [0.15, 0.2) is 5.58 Å². The molecule has 0 saturated heterocycles. The third-order valence-corrected chi connectivity index (χ3v) is 3.44. The SMILES string of the molecule is CCC(CC)N(C)Cc1nc2c(N)cccc2o1. The summed E-state index contributed by atoms with van der Waals surface area (Å²) in [6.45, 7) is 5.13. The molecule has 4 nitrogen and oxygen atoms in total. The zero-order valence-corrected chi connectivity index (χ0v) is 11.3. The summed E-state index contributed by atoms with van der Waals surface area (Å²) in [4.78, 5) is 6.75. The first-order valence-corrected chi connectivity index (χ1v) is 6.49. The Labute approximate surface area is 108 Å². The molecule has 0 aliphatic heterocycles. The van der Waals surface area contributed by atoms with Crippen LogP contribution in [0, 0.1) is 0 Å². The molecule has 2 aromatic rings. The molecule has 98 valence electrons. The summed E-state index contributed by atoms with van der Waals surface area (Å²) in [5, 5.41) is 0. The van der Waals surface area contributed by atoms with Gasteiger partial charge < -0.3 is 10.2 Å². The number of nitrogen functional groups attached to an aromatic ring is 1. The van der Waals surface area contributed by atoms with Crippen LogP contribution in [-0.2, 0) is 6.54 Å². The molecule has 0 bridgehead atoms. The van der Waals surface area contributed by atoms with Crippen LogP contribution in [0.3, 0.4) is 0 Å². The van der Waals surface area contributed by atoms with Crippen molar-refractivity contribution in [2.24, 2.45) is 0 Å². The molecule has 0 atom stereocenters. The lowest BCUT2D eigenvalue weighted by Crippen LogP contribution is -2.30. The highest BCUT2D eigenvalue weighted by Gasteiger charge is 2.14. The van der Waals surface area contributed by atoms with Crippen molar-refractivity contribution in [3.63, 3.8) is 0 Å². The molecule has 0 saturated carbocycles. The Morgan fingerprint density at radius 2 is 2.06 bits per heavy atom. The second kappa shape index (κ2) is 5.40. The third-order valence-electron chi connectivity index (χ3n) is 3.44. The smallest absolute Gasteiger partial charge is 0.209 e. The van der Waals surface area contributed by atoms with E-state index in [9.17, 15) is 0 Å². The lowest BCUT2D eigenvalue weighted by molar-refractivity contribution is 0.204. The average molecular weight is 247 g/mol. The van der Waals surface area contributed by atoms with Crippen molar-refractivity contribution in [2.45, 2.75) is 39.3 Å². The molecule has 1 heterocycles. The number of fused-ring (bicyclic) bond motifs is 1. The molecule has 1 aromatic heterocycles. The molecule has 0 spiro atoms. The molecule has 4 heteroatoms. The predicted octanol–water partition coefficient (Wildman–Crippen LogP) is 3.03. The fraction of sp³-hybridized carbons (Fsp3) is 0.500. The van der Waals surface area contributed by atoms with Gasteiger partial charge in [0.05, 0.1) is 12.2 Å². The molecule has 0 unspecified atom stereocenters. The minimum absolute atomic E-state index is 0.567. The van der Waals surface area contributed by atoms with Gasteiger partial charge in [-0.1, -0.05) is 19.9 Å². The minimum atomic E-state index is 0.567. The fourth-order valence-electron chi connectivity index (χ4n) is 2.34. The maximum absolute atomic E-state index is 5.88. The minimum Gasteiger partial charge on any atom is -0.439 e. The number of benzene rings is 1. The number of anilines is 1. The van der Waals surface area contributed by atoms with Crippen molar-refractivity contribution in [3.8, 4) is 0 Å². The summed E-state index contributed by atoms with van der Waals surface area (Å²) >= 11 is 0. The molecule has 0 amide bonds. The van der Waals surface area contributed by atoms with Crippen molar-refractivity contribution in [1.29, 1.82) is 0 Å². The quantitative estimate of drug-likeness (QED) is 0.825. The van der Waals surface area contributed by atoms with E-state index >= 15 is 0 Å². The maximum atomic E-state index is 5.88. The normalized spacial score (nSPS) is 11.8. The first kappa shape index (κ1) is 12.9. The Bertz CT molecular complexity index is 517. The highest BCUT2D eigenvalue weighted by Crippen LogP contribution is 2.22. The monoisotopic (exact) mass is 247 g/mol. The topological polar surface area (TPSA) is 55.3 Å². The highest BCUT2D eigenvalue weighted by molar-refractivity contribution is 5.85. The van der Waals surface area contributed by atoms with E-state index in [0.717, 1.165) is 36.4 Å². The van der Waals surface area contributed by atoms with E-state index in [1.165, 1.54) is 0 Å². The highest BCUT2D eigenvalue weighted by atomic mass is 16.3. The molecule has 0 aliphatic carbocycles. The van der Waals surface area contributed by atoms with Crippen LogP contribution in [0.5, 0.6) is 0 Å². The van der Waals surface area contributed by atoms with Gasteiger partial charge in [0.25, 0.3) is 0 Å². The van der Waals surface area contributed by atoms with Crippen molar-refractivity contribution >= 4 is 16.8 Å². The summed E-state index contributed by atoms with van der Waals surface area (Å²) in [5.74, 6) is 0.734. The van der Waals surface area contributed by atoms with Gasteiger partial charge in [-0.25, -0.2) is 4.98 Å². The maximum Gasteiger partial charge on any atom is 0.209 e. The lowest BCUT2D eigenvalue weighted by Gasteiger charge is -2.24. The molecular formula is C14H21N3O. The van der Waals surface area contributed by atoms with Gasteiger partial charge in [-0.3, -0.25) is 4.90 Å². The number of nitrogens with zero attached hydrogens (tertiary/aromatic N) is 2. The largest absolute Gasteiger partial charge is 0.439 e. The van der Waals surface area contributed by atoms with E-state index < -0.39 is 0 Å². The van der Waals surface area contributed by atoms with Crippen LogP contribution in [0.1, 0.15) is 32.6 Å². The summed E-state index contributed by atoms with van der Waals surface area (Å²) < 4.78 is 5.73.